The van der Waals surface area contributed by atoms with Gasteiger partial charge in [-0.1, -0.05) is 237 Å². The third-order valence-electron chi connectivity index (χ3n) is 15.4. The zero-order chi connectivity index (χ0) is 55.3. The molecule has 9 N–H and O–H groups in total. The average Bonchev–Trinajstić information content (AvgIpc) is 3.42. The van der Waals surface area contributed by atoms with E-state index < -0.39 is 86.8 Å². The molecule has 0 saturated carbocycles. The molecule has 0 aromatic heterocycles. The maximum absolute atomic E-state index is 13.2. The van der Waals surface area contributed by atoms with Gasteiger partial charge in [-0.05, 0) is 51.4 Å². The highest BCUT2D eigenvalue weighted by Crippen LogP contribution is 2.30. The van der Waals surface area contributed by atoms with E-state index in [1.54, 1.807) is 0 Å². The second-order valence-corrected chi connectivity index (χ2v) is 22.2. The van der Waals surface area contributed by atoms with Crippen LogP contribution in [0.1, 0.15) is 258 Å². The van der Waals surface area contributed by atoms with Gasteiger partial charge in [0.1, 0.15) is 48.8 Å². The van der Waals surface area contributed by atoms with E-state index in [4.69, 9.17) is 18.9 Å². The fourth-order valence-electron chi connectivity index (χ4n) is 10.3. The molecule has 76 heavy (non-hydrogen) atoms. The lowest BCUT2D eigenvalue weighted by molar-refractivity contribution is -0.359. The van der Waals surface area contributed by atoms with Crippen molar-refractivity contribution in [2.24, 2.45) is 0 Å². The minimum absolute atomic E-state index is 0.208. The van der Waals surface area contributed by atoms with E-state index in [0.717, 1.165) is 64.2 Å². The normalized spacial score (nSPS) is 25.1. The summed E-state index contributed by atoms with van der Waals surface area (Å²) in [5.74, 6) is -0.208. The first kappa shape index (κ1) is 70.3. The lowest BCUT2D eigenvalue weighted by atomic mass is 9.97. The standard InChI is InChI=1S/C62H115NO13/c1-3-5-7-9-11-12-13-14-15-16-17-18-19-20-21-22-23-24-25-26-27-28-29-30-31-32-33-34-35-36-37-38-40-42-44-46-54(67)63-50(51(66)45-43-41-39-10-8-6-4-2)49-73-61-59(72)57(70)60(53(48-65)75-61)76-62-58(71)56(69)55(68)52(47-64)74-62/h13-14,16-17,19-20,50-53,55-62,64-66,68-72H,3-12,15,18,21-49H2,1-2H3,(H,63,67)/b14-13-,17-16-,20-19-. The van der Waals surface area contributed by atoms with Gasteiger partial charge in [0.2, 0.25) is 5.91 Å². The van der Waals surface area contributed by atoms with E-state index in [0.29, 0.717) is 12.8 Å². The van der Waals surface area contributed by atoms with Crippen molar-refractivity contribution < 1.29 is 64.6 Å². The monoisotopic (exact) mass is 1080 g/mol. The molecule has 1 amide bonds. The van der Waals surface area contributed by atoms with Gasteiger partial charge < -0.3 is 65.1 Å². The fourth-order valence-corrected chi connectivity index (χ4v) is 10.3. The first-order valence-corrected chi connectivity index (χ1v) is 31.2. The maximum atomic E-state index is 13.2. The van der Waals surface area contributed by atoms with Crippen LogP contribution < -0.4 is 5.32 Å². The highest BCUT2D eigenvalue weighted by atomic mass is 16.7. The van der Waals surface area contributed by atoms with Crippen molar-refractivity contribution in [2.75, 3.05) is 19.8 Å². The summed E-state index contributed by atoms with van der Waals surface area (Å²) in [5.41, 5.74) is 0. The van der Waals surface area contributed by atoms with Crippen molar-refractivity contribution in [3.8, 4) is 0 Å². The largest absolute Gasteiger partial charge is 0.394 e. The summed E-state index contributed by atoms with van der Waals surface area (Å²) in [6.07, 6.45) is 42.2. The van der Waals surface area contributed by atoms with Gasteiger partial charge >= 0.3 is 0 Å². The number of ether oxygens (including phenoxy) is 4. The van der Waals surface area contributed by atoms with E-state index in [9.17, 15) is 45.6 Å². The van der Waals surface area contributed by atoms with Crippen LogP contribution in [0.25, 0.3) is 0 Å². The van der Waals surface area contributed by atoms with Crippen LogP contribution >= 0.6 is 0 Å². The van der Waals surface area contributed by atoms with Crippen molar-refractivity contribution in [1.82, 2.24) is 5.32 Å². The predicted molar refractivity (Wildman–Crippen MR) is 305 cm³/mol. The number of aliphatic hydroxyl groups is 8. The van der Waals surface area contributed by atoms with Gasteiger partial charge in [0.05, 0.1) is 32.0 Å². The van der Waals surface area contributed by atoms with Gasteiger partial charge in [0.25, 0.3) is 0 Å². The Morgan fingerprint density at radius 2 is 0.868 bits per heavy atom. The smallest absolute Gasteiger partial charge is 0.220 e. The van der Waals surface area contributed by atoms with E-state index in [1.807, 2.05) is 0 Å². The summed E-state index contributed by atoms with van der Waals surface area (Å²) in [7, 11) is 0. The van der Waals surface area contributed by atoms with Crippen LogP contribution in [0, 0.1) is 0 Å². The lowest BCUT2D eigenvalue weighted by Crippen LogP contribution is -2.65. The molecule has 0 bridgehead atoms. The molecule has 2 aliphatic rings. The van der Waals surface area contributed by atoms with Crippen LogP contribution in [0.15, 0.2) is 36.5 Å². The van der Waals surface area contributed by atoms with Crippen LogP contribution in [0.5, 0.6) is 0 Å². The first-order valence-electron chi connectivity index (χ1n) is 31.2. The third-order valence-corrected chi connectivity index (χ3v) is 15.4. The molecule has 2 rings (SSSR count). The van der Waals surface area contributed by atoms with Gasteiger partial charge in [0.15, 0.2) is 12.6 Å². The molecule has 12 unspecified atom stereocenters. The van der Waals surface area contributed by atoms with Crippen LogP contribution in [0.3, 0.4) is 0 Å². The maximum Gasteiger partial charge on any atom is 0.220 e. The van der Waals surface area contributed by atoms with Crippen molar-refractivity contribution in [2.45, 2.75) is 331 Å². The van der Waals surface area contributed by atoms with Crippen LogP contribution in [0.2, 0.25) is 0 Å². The highest BCUT2D eigenvalue weighted by molar-refractivity contribution is 5.76. The second-order valence-electron chi connectivity index (χ2n) is 22.2. The van der Waals surface area contributed by atoms with Gasteiger partial charge in [-0.2, -0.15) is 0 Å². The SMILES string of the molecule is CCCCCCC/C=C\C/C=C\C/C=C\CCCCCCCCCCCCCCCCCCCCCCC(=O)NC(COC1OC(CO)C(OC2OC(CO)C(O)C(O)C2O)C(O)C1O)C(O)CCCCCCCCC. The van der Waals surface area contributed by atoms with Crippen molar-refractivity contribution in [3.05, 3.63) is 36.5 Å². The molecule has 0 aromatic carbocycles. The summed E-state index contributed by atoms with van der Waals surface area (Å²) in [6, 6.07) is -0.824. The number of carbonyl (C=O) groups excluding carboxylic acids is 1. The number of allylic oxidation sites excluding steroid dienone is 6. The van der Waals surface area contributed by atoms with E-state index in [1.165, 1.54) is 167 Å². The Bertz CT molecular complexity index is 1410. The molecule has 14 nitrogen and oxygen atoms in total. The Balaban J connectivity index is 1.53. The molecule has 12 atom stereocenters. The molecule has 14 heteroatoms. The number of carbonyl (C=O) groups is 1. The first-order chi connectivity index (χ1) is 37.1. The minimum atomic E-state index is -1.78. The van der Waals surface area contributed by atoms with Gasteiger partial charge in [-0.25, -0.2) is 0 Å². The molecule has 2 heterocycles. The molecule has 2 saturated heterocycles. The number of nitrogens with one attached hydrogen (secondary N) is 1. The number of aliphatic hydroxyl groups excluding tert-OH is 8. The Morgan fingerprint density at radius 1 is 0.474 bits per heavy atom. The van der Waals surface area contributed by atoms with E-state index >= 15 is 0 Å². The summed E-state index contributed by atoms with van der Waals surface area (Å²) in [4.78, 5) is 13.2. The second kappa shape index (κ2) is 48.0. The molecule has 0 spiro atoms. The molecular weight excluding hydrogens is 967 g/mol. The fraction of sp³-hybridized carbons (Fsp3) is 0.887. The number of amides is 1. The molecule has 446 valence electrons. The average molecular weight is 1080 g/mol. The minimum Gasteiger partial charge on any atom is -0.394 e. The topological polar surface area (TPSA) is 228 Å². The molecule has 0 aromatic rings. The number of hydrogen-bond acceptors (Lipinski definition) is 13. The highest BCUT2D eigenvalue weighted by Gasteiger charge is 2.51. The Kier molecular flexibility index (Phi) is 44.4. The van der Waals surface area contributed by atoms with Gasteiger partial charge in [0, 0.05) is 6.42 Å². The Morgan fingerprint density at radius 3 is 1.33 bits per heavy atom. The predicted octanol–water partition coefficient (Wildman–Crippen LogP) is 11.0. The van der Waals surface area contributed by atoms with Crippen LogP contribution in [-0.2, 0) is 23.7 Å². The van der Waals surface area contributed by atoms with Crippen molar-refractivity contribution >= 4 is 5.91 Å². The Hall–Kier alpha value is -1.79. The van der Waals surface area contributed by atoms with Crippen molar-refractivity contribution in [1.29, 1.82) is 0 Å². The van der Waals surface area contributed by atoms with Gasteiger partial charge in [-0.3, -0.25) is 4.79 Å². The van der Waals surface area contributed by atoms with Crippen LogP contribution in [-0.4, -0.2) is 140 Å². The molecule has 2 fully saturated rings. The zero-order valence-corrected chi connectivity index (χ0v) is 48.0. The number of unbranched alkanes of at least 4 members (excludes halogenated alkanes) is 31. The number of hydrogen-bond donors (Lipinski definition) is 9. The van der Waals surface area contributed by atoms with E-state index in [2.05, 4.69) is 55.6 Å². The summed E-state index contributed by atoms with van der Waals surface area (Å²) in [5, 5.41) is 86.8. The molecule has 0 aliphatic carbocycles. The summed E-state index contributed by atoms with van der Waals surface area (Å²) < 4.78 is 22.7. The summed E-state index contributed by atoms with van der Waals surface area (Å²) in [6.45, 7) is 2.80. The molecular formula is C62H115NO13. The summed E-state index contributed by atoms with van der Waals surface area (Å²) >= 11 is 0. The van der Waals surface area contributed by atoms with Crippen molar-refractivity contribution in [3.63, 3.8) is 0 Å². The third kappa shape index (κ3) is 33.1. The molecule has 2 aliphatic heterocycles. The number of rotatable bonds is 50. The Labute approximate surface area is 461 Å². The lowest BCUT2D eigenvalue weighted by Gasteiger charge is -2.46. The zero-order valence-electron chi connectivity index (χ0n) is 48.0. The quantitative estimate of drug-likeness (QED) is 0.0204. The van der Waals surface area contributed by atoms with Gasteiger partial charge in [-0.15, -0.1) is 0 Å². The van der Waals surface area contributed by atoms with Crippen LogP contribution in [0.4, 0.5) is 0 Å². The molecule has 0 radical (unpaired) electrons. The van der Waals surface area contributed by atoms with E-state index in [-0.39, 0.29) is 12.5 Å².